The molecule has 4 aromatic rings. The van der Waals surface area contributed by atoms with E-state index >= 15 is 0 Å². The van der Waals surface area contributed by atoms with Gasteiger partial charge in [-0.25, -0.2) is 9.59 Å². The standard InChI is InChI=1S/C48H56O8/c1-4-6-7-8-9-10-28-53-38-18-13-36(14-19-38)15-26-46(49)55-40-22-24-42-43-25-23-41(31-45(43)35(3)44(42)30-40)56-47(50)37-16-20-39(21-17-37)54-29-12-11-27-51-32-48(5-2)33-52-34-48/h13-26,30-31,35H,4-12,27-29,32-34H2,1-3H3/b26-15+. The van der Waals surface area contributed by atoms with Crippen LogP contribution < -0.4 is 18.9 Å². The summed E-state index contributed by atoms with van der Waals surface area (Å²) >= 11 is 0. The number of fused-ring (bicyclic) bond motifs is 3. The molecule has 56 heavy (non-hydrogen) atoms. The molecular weight excluding hydrogens is 705 g/mol. The Morgan fingerprint density at radius 2 is 1.23 bits per heavy atom. The fourth-order valence-corrected chi connectivity index (χ4v) is 7.06. The average molecular weight is 761 g/mol. The molecular formula is C48H56O8. The first-order valence-electron chi connectivity index (χ1n) is 20.4. The normalized spacial score (nSPS) is 15.2. The quantitative estimate of drug-likeness (QED) is 0.0339. The SMILES string of the molecule is CCCCCCCCOc1ccc(/C=C/C(=O)Oc2ccc3c(c2)C(C)c2cc(OC(=O)c4ccc(OCCCCOCC5(CC)COC5)cc4)ccc2-3)cc1. The van der Waals surface area contributed by atoms with Gasteiger partial charge in [0.15, 0.2) is 0 Å². The molecule has 0 spiro atoms. The third-order valence-corrected chi connectivity index (χ3v) is 10.8. The molecule has 0 saturated carbocycles. The summed E-state index contributed by atoms with van der Waals surface area (Å²) in [7, 11) is 0. The second-order valence-corrected chi connectivity index (χ2v) is 15.0. The predicted molar refractivity (Wildman–Crippen MR) is 220 cm³/mol. The number of benzene rings is 4. The number of esters is 2. The fraction of sp³-hybridized carbons (Fsp3) is 0.417. The van der Waals surface area contributed by atoms with Gasteiger partial charge in [0.25, 0.3) is 0 Å². The minimum Gasteiger partial charge on any atom is -0.494 e. The maximum Gasteiger partial charge on any atom is 0.343 e. The first-order valence-corrected chi connectivity index (χ1v) is 20.4. The van der Waals surface area contributed by atoms with Gasteiger partial charge in [-0.1, -0.05) is 77.1 Å². The third kappa shape index (κ3) is 11.1. The molecule has 1 saturated heterocycles. The van der Waals surface area contributed by atoms with E-state index in [2.05, 4.69) is 20.8 Å². The first kappa shape index (κ1) is 40.7. The van der Waals surface area contributed by atoms with E-state index < -0.39 is 11.9 Å². The molecule has 6 rings (SSSR count). The van der Waals surface area contributed by atoms with Crippen molar-refractivity contribution in [2.75, 3.05) is 39.6 Å². The third-order valence-electron chi connectivity index (χ3n) is 10.8. The first-order chi connectivity index (χ1) is 27.4. The van der Waals surface area contributed by atoms with Crippen LogP contribution in [-0.4, -0.2) is 51.6 Å². The lowest BCUT2D eigenvalue weighted by Gasteiger charge is -2.40. The van der Waals surface area contributed by atoms with Crippen LogP contribution in [0, 0.1) is 5.41 Å². The summed E-state index contributed by atoms with van der Waals surface area (Å²) in [6, 6.07) is 26.2. The van der Waals surface area contributed by atoms with Gasteiger partial charge in [0, 0.05) is 24.0 Å². The Morgan fingerprint density at radius 1 is 0.679 bits per heavy atom. The minimum absolute atomic E-state index is 0.0166. The zero-order valence-corrected chi connectivity index (χ0v) is 33.2. The maximum absolute atomic E-state index is 13.0. The molecule has 4 aromatic carbocycles. The molecule has 0 N–H and O–H groups in total. The predicted octanol–water partition coefficient (Wildman–Crippen LogP) is 11.0. The Bertz CT molecular complexity index is 1900. The van der Waals surface area contributed by atoms with Crippen molar-refractivity contribution in [1.29, 1.82) is 0 Å². The summed E-state index contributed by atoms with van der Waals surface area (Å²) in [5, 5.41) is 0. The van der Waals surface area contributed by atoms with E-state index in [4.69, 9.17) is 28.4 Å². The van der Waals surface area contributed by atoms with Crippen molar-refractivity contribution in [2.45, 2.75) is 84.5 Å². The molecule has 1 heterocycles. The molecule has 1 fully saturated rings. The van der Waals surface area contributed by atoms with Crippen molar-refractivity contribution >= 4 is 18.0 Å². The second kappa shape index (κ2) is 20.3. The number of carbonyl (C=O) groups excluding carboxylic acids is 2. The van der Waals surface area contributed by atoms with Gasteiger partial charge in [-0.2, -0.15) is 0 Å². The topological polar surface area (TPSA) is 89.5 Å². The maximum atomic E-state index is 13.0. The summed E-state index contributed by atoms with van der Waals surface area (Å²) in [6.45, 7) is 10.9. The van der Waals surface area contributed by atoms with Crippen LogP contribution in [0.3, 0.4) is 0 Å². The molecule has 0 amide bonds. The van der Waals surface area contributed by atoms with E-state index in [1.807, 2.05) is 60.7 Å². The van der Waals surface area contributed by atoms with Crippen molar-refractivity contribution in [1.82, 2.24) is 0 Å². The highest BCUT2D eigenvalue weighted by atomic mass is 16.5. The molecule has 1 aliphatic heterocycles. The van der Waals surface area contributed by atoms with Crippen LogP contribution in [0.1, 0.15) is 112 Å². The smallest absolute Gasteiger partial charge is 0.343 e. The van der Waals surface area contributed by atoms with E-state index in [1.54, 1.807) is 30.3 Å². The summed E-state index contributed by atoms with van der Waals surface area (Å²) in [5.41, 5.74) is 5.77. The Kier molecular flexibility index (Phi) is 14.8. The Balaban J connectivity index is 0.931. The van der Waals surface area contributed by atoms with Gasteiger partial charge in [-0.3, -0.25) is 0 Å². The van der Waals surface area contributed by atoms with Crippen LogP contribution in [0.5, 0.6) is 23.0 Å². The van der Waals surface area contributed by atoms with E-state index in [-0.39, 0.29) is 11.3 Å². The van der Waals surface area contributed by atoms with Crippen LogP contribution >= 0.6 is 0 Å². The van der Waals surface area contributed by atoms with Crippen molar-refractivity contribution < 1.29 is 38.0 Å². The van der Waals surface area contributed by atoms with Crippen molar-refractivity contribution in [3.05, 3.63) is 113 Å². The number of hydrogen-bond acceptors (Lipinski definition) is 8. The zero-order valence-electron chi connectivity index (χ0n) is 33.2. The number of hydrogen-bond donors (Lipinski definition) is 0. The van der Waals surface area contributed by atoms with Crippen LogP contribution in [-0.2, 0) is 14.3 Å². The highest BCUT2D eigenvalue weighted by Crippen LogP contribution is 2.47. The second-order valence-electron chi connectivity index (χ2n) is 15.0. The minimum atomic E-state index is -0.452. The van der Waals surface area contributed by atoms with Gasteiger partial charge < -0.3 is 28.4 Å². The van der Waals surface area contributed by atoms with Crippen LogP contribution in [0.25, 0.3) is 17.2 Å². The van der Waals surface area contributed by atoms with Gasteiger partial charge in [-0.15, -0.1) is 0 Å². The molecule has 8 heteroatoms. The van der Waals surface area contributed by atoms with Crippen molar-refractivity contribution in [3.63, 3.8) is 0 Å². The van der Waals surface area contributed by atoms with Gasteiger partial charge in [0.05, 0.1) is 38.6 Å². The summed E-state index contributed by atoms with van der Waals surface area (Å²) in [5.74, 6) is 1.61. The summed E-state index contributed by atoms with van der Waals surface area (Å²) in [4.78, 5) is 25.8. The Morgan fingerprint density at radius 3 is 1.84 bits per heavy atom. The Hall–Kier alpha value is -4.92. The number of ether oxygens (including phenoxy) is 6. The number of unbranched alkanes of at least 4 members (excludes halogenated alkanes) is 6. The average Bonchev–Trinajstić information content (AvgIpc) is 3.47. The lowest BCUT2D eigenvalue weighted by molar-refractivity contribution is -0.150. The van der Waals surface area contributed by atoms with Crippen LogP contribution in [0.2, 0.25) is 0 Å². The molecule has 2 aliphatic rings. The molecule has 296 valence electrons. The van der Waals surface area contributed by atoms with Crippen molar-refractivity contribution in [3.8, 4) is 34.1 Å². The van der Waals surface area contributed by atoms with Crippen LogP contribution in [0.4, 0.5) is 0 Å². The van der Waals surface area contributed by atoms with E-state index in [1.165, 1.54) is 38.2 Å². The van der Waals surface area contributed by atoms with E-state index in [0.717, 1.165) is 79.1 Å². The molecule has 0 aromatic heterocycles. The van der Waals surface area contributed by atoms with Crippen LogP contribution in [0.15, 0.2) is 91.0 Å². The van der Waals surface area contributed by atoms with Gasteiger partial charge in [0.2, 0.25) is 0 Å². The van der Waals surface area contributed by atoms with Crippen molar-refractivity contribution in [2.24, 2.45) is 5.41 Å². The summed E-state index contributed by atoms with van der Waals surface area (Å²) < 4.78 is 34.4. The molecule has 1 unspecified atom stereocenters. The fourth-order valence-electron chi connectivity index (χ4n) is 7.06. The summed E-state index contributed by atoms with van der Waals surface area (Å²) in [6.07, 6.45) is 13.4. The van der Waals surface area contributed by atoms with Gasteiger partial charge in [-0.05, 0) is 120 Å². The number of rotatable bonds is 22. The molecule has 1 atom stereocenters. The highest BCUT2D eigenvalue weighted by Gasteiger charge is 2.36. The lowest BCUT2D eigenvalue weighted by atomic mass is 9.84. The highest BCUT2D eigenvalue weighted by molar-refractivity contribution is 5.92. The molecule has 8 nitrogen and oxygen atoms in total. The van der Waals surface area contributed by atoms with Gasteiger partial charge in [0.1, 0.15) is 23.0 Å². The molecule has 0 radical (unpaired) electrons. The lowest BCUT2D eigenvalue weighted by Crippen LogP contribution is -2.45. The molecule has 1 aliphatic carbocycles. The zero-order chi connectivity index (χ0) is 39.2. The van der Waals surface area contributed by atoms with Gasteiger partial charge >= 0.3 is 11.9 Å². The van der Waals surface area contributed by atoms with E-state index in [9.17, 15) is 9.59 Å². The number of carbonyl (C=O) groups is 2. The largest absolute Gasteiger partial charge is 0.494 e. The monoisotopic (exact) mass is 760 g/mol. The Labute approximate surface area is 332 Å². The molecule has 0 bridgehead atoms. The van der Waals surface area contributed by atoms with E-state index in [0.29, 0.717) is 42.6 Å².